The quantitative estimate of drug-likeness (QED) is 0.727. The average molecular weight is 215 g/mol. The van der Waals surface area contributed by atoms with Gasteiger partial charge >= 0.3 is 0 Å². The fourth-order valence-corrected chi connectivity index (χ4v) is 2.17. The second-order valence-corrected chi connectivity index (χ2v) is 4.20. The van der Waals surface area contributed by atoms with Crippen LogP contribution < -0.4 is 0 Å². The Labute approximate surface area is 88.9 Å². The normalized spacial score (nSPS) is 18.6. The second-order valence-electron chi connectivity index (χ2n) is 3.93. The molecule has 0 atom stereocenters. The molecule has 1 saturated carbocycles. The lowest BCUT2D eigenvalue weighted by Gasteiger charge is -2.19. The smallest absolute Gasteiger partial charge is 0.231 e. The van der Waals surface area contributed by atoms with E-state index < -0.39 is 0 Å². The van der Waals surface area contributed by atoms with Crippen LogP contribution in [0.1, 0.15) is 43.9 Å². The number of alkyl halides is 1. The fraction of sp³-hybridized carbons (Fsp3) is 0.800. The van der Waals surface area contributed by atoms with E-state index in [1.165, 1.54) is 32.1 Å². The second kappa shape index (κ2) is 4.78. The highest BCUT2D eigenvalue weighted by Crippen LogP contribution is 2.26. The Bertz CT molecular complexity index is 281. The number of hydrogen-bond acceptors (Lipinski definition) is 3. The van der Waals surface area contributed by atoms with E-state index in [2.05, 4.69) is 10.2 Å². The molecule has 0 amide bonds. The van der Waals surface area contributed by atoms with Crippen LogP contribution in [-0.2, 0) is 12.3 Å². The number of hydrogen-bond donors (Lipinski definition) is 0. The van der Waals surface area contributed by atoms with Gasteiger partial charge in [-0.3, -0.25) is 0 Å². The van der Waals surface area contributed by atoms with Gasteiger partial charge in [0.15, 0.2) is 0 Å². The first-order chi connectivity index (χ1) is 6.88. The highest BCUT2D eigenvalue weighted by Gasteiger charge is 2.16. The topological polar surface area (TPSA) is 38.9 Å². The van der Waals surface area contributed by atoms with Gasteiger partial charge in [0, 0.05) is 6.42 Å². The van der Waals surface area contributed by atoms with Gasteiger partial charge in [0.2, 0.25) is 11.8 Å². The maximum atomic E-state index is 5.59. The predicted octanol–water partition coefficient (Wildman–Crippen LogP) is 2.93. The standard InChI is InChI=1S/C10H15ClN2O/c11-7-10-13-12-9(14-10)6-8-4-2-1-3-5-8/h8H,1-7H2. The van der Waals surface area contributed by atoms with Crippen molar-refractivity contribution in [1.82, 2.24) is 10.2 Å². The van der Waals surface area contributed by atoms with E-state index in [1.807, 2.05) is 0 Å². The predicted molar refractivity (Wildman–Crippen MR) is 54.1 cm³/mol. The maximum Gasteiger partial charge on any atom is 0.231 e. The first kappa shape index (κ1) is 9.97. The summed E-state index contributed by atoms with van der Waals surface area (Å²) >= 11 is 5.59. The molecule has 2 rings (SSSR count). The maximum absolute atomic E-state index is 5.59. The van der Waals surface area contributed by atoms with Crippen molar-refractivity contribution >= 4 is 11.6 Å². The molecule has 0 aromatic carbocycles. The van der Waals surface area contributed by atoms with Gasteiger partial charge in [-0.05, 0) is 18.8 Å². The Morgan fingerprint density at radius 1 is 1.14 bits per heavy atom. The zero-order chi connectivity index (χ0) is 9.80. The molecule has 3 nitrogen and oxygen atoms in total. The molecule has 0 bridgehead atoms. The molecule has 0 unspecified atom stereocenters. The van der Waals surface area contributed by atoms with Gasteiger partial charge in [0.05, 0.1) is 0 Å². The van der Waals surface area contributed by atoms with Crippen LogP contribution in [0.3, 0.4) is 0 Å². The van der Waals surface area contributed by atoms with Crippen LogP contribution in [-0.4, -0.2) is 10.2 Å². The highest BCUT2D eigenvalue weighted by molar-refractivity contribution is 6.16. The van der Waals surface area contributed by atoms with Crippen LogP contribution in [0.15, 0.2) is 4.42 Å². The summed E-state index contributed by atoms with van der Waals surface area (Å²) in [6, 6.07) is 0. The molecule has 0 aliphatic heterocycles. The molecule has 1 fully saturated rings. The average Bonchev–Trinajstić information content (AvgIpc) is 2.67. The van der Waals surface area contributed by atoms with E-state index >= 15 is 0 Å². The minimum absolute atomic E-state index is 0.317. The van der Waals surface area contributed by atoms with E-state index in [-0.39, 0.29) is 0 Å². The van der Waals surface area contributed by atoms with Gasteiger partial charge in [-0.2, -0.15) is 0 Å². The SMILES string of the molecule is ClCc1nnc(CC2CCCCC2)o1. The van der Waals surface area contributed by atoms with Crippen LogP contribution in [0.4, 0.5) is 0 Å². The molecule has 1 aromatic heterocycles. The molecular formula is C10H15ClN2O. The van der Waals surface area contributed by atoms with E-state index in [4.69, 9.17) is 16.0 Å². The lowest BCUT2D eigenvalue weighted by molar-refractivity contribution is 0.325. The number of rotatable bonds is 3. The molecule has 1 aliphatic carbocycles. The first-order valence-electron chi connectivity index (χ1n) is 5.25. The van der Waals surface area contributed by atoms with Crippen LogP contribution in [0.5, 0.6) is 0 Å². The van der Waals surface area contributed by atoms with E-state index in [0.717, 1.165) is 18.2 Å². The van der Waals surface area contributed by atoms with Crippen molar-refractivity contribution in [3.05, 3.63) is 11.8 Å². The number of nitrogens with zero attached hydrogens (tertiary/aromatic N) is 2. The Morgan fingerprint density at radius 2 is 1.86 bits per heavy atom. The van der Waals surface area contributed by atoms with Crippen LogP contribution >= 0.6 is 11.6 Å². The summed E-state index contributed by atoms with van der Waals surface area (Å²) in [5.41, 5.74) is 0. The molecule has 14 heavy (non-hydrogen) atoms. The van der Waals surface area contributed by atoms with Gasteiger partial charge < -0.3 is 4.42 Å². The molecule has 1 aromatic rings. The molecule has 0 saturated heterocycles. The molecule has 4 heteroatoms. The summed E-state index contributed by atoms with van der Waals surface area (Å²) in [7, 11) is 0. The van der Waals surface area contributed by atoms with Gasteiger partial charge in [-0.1, -0.05) is 19.3 Å². The van der Waals surface area contributed by atoms with Crippen molar-refractivity contribution in [2.45, 2.75) is 44.4 Å². The lowest BCUT2D eigenvalue weighted by atomic mass is 9.87. The Kier molecular flexibility index (Phi) is 3.40. The molecule has 0 spiro atoms. The van der Waals surface area contributed by atoms with E-state index in [1.54, 1.807) is 0 Å². The number of aromatic nitrogens is 2. The molecule has 0 N–H and O–H groups in total. The van der Waals surface area contributed by atoms with Crippen molar-refractivity contribution in [3.63, 3.8) is 0 Å². The summed E-state index contributed by atoms with van der Waals surface area (Å²) in [5.74, 6) is 2.36. The summed E-state index contributed by atoms with van der Waals surface area (Å²) in [5, 5.41) is 7.83. The molecule has 0 radical (unpaired) electrons. The minimum Gasteiger partial charge on any atom is -0.424 e. The highest BCUT2D eigenvalue weighted by atomic mass is 35.5. The summed E-state index contributed by atoms with van der Waals surface area (Å²) in [4.78, 5) is 0. The van der Waals surface area contributed by atoms with Crippen LogP contribution in [0, 0.1) is 5.92 Å². The third-order valence-electron chi connectivity index (χ3n) is 2.81. The van der Waals surface area contributed by atoms with E-state index in [0.29, 0.717) is 11.8 Å². The fourth-order valence-electron chi connectivity index (χ4n) is 2.06. The third-order valence-corrected chi connectivity index (χ3v) is 3.04. The van der Waals surface area contributed by atoms with Gasteiger partial charge in [0.1, 0.15) is 5.88 Å². The van der Waals surface area contributed by atoms with Gasteiger partial charge in [0.25, 0.3) is 0 Å². The Morgan fingerprint density at radius 3 is 2.50 bits per heavy atom. The van der Waals surface area contributed by atoms with Gasteiger partial charge in [-0.25, -0.2) is 0 Å². The van der Waals surface area contributed by atoms with Gasteiger partial charge in [-0.15, -0.1) is 21.8 Å². The largest absolute Gasteiger partial charge is 0.424 e. The first-order valence-corrected chi connectivity index (χ1v) is 5.79. The summed E-state index contributed by atoms with van der Waals surface area (Å²) < 4.78 is 5.38. The van der Waals surface area contributed by atoms with Crippen molar-refractivity contribution in [2.24, 2.45) is 5.92 Å². The zero-order valence-corrected chi connectivity index (χ0v) is 8.96. The molecular weight excluding hydrogens is 200 g/mol. The molecule has 78 valence electrons. The summed E-state index contributed by atoms with van der Waals surface area (Å²) in [6.45, 7) is 0. The number of halogens is 1. The van der Waals surface area contributed by atoms with Crippen molar-refractivity contribution in [2.75, 3.05) is 0 Å². The minimum atomic E-state index is 0.317. The third kappa shape index (κ3) is 2.47. The van der Waals surface area contributed by atoms with Crippen molar-refractivity contribution in [1.29, 1.82) is 0 Å². The van der Waals surface area contributed by atoms with Crippen LogP contribution in [0.2, 0.25) is 0 Å². The Balaban J connectivity index is 1.89. The molecule has 1 aliphatic rings. The Hall–Kier alpha value is -0.570. The zero-order valence-electron chi connectivity index (χ0n) is 8.21. The summed E-state index contributed by atoms with van der Waals surface area (Å²) in [6.07, 6.45) is 7.62. The molecule has 1 heterocycles. The lowest BCUT2D eigenvalue weighted by Crippen LogP contribution is -2.09. The van der Waals surface area contributed by atoms with Crippen molar-refractivity contribution < 1.29 is 4.42 Å². The monoisotopic (exact) mass is 214 g/mol. The van der Waals surface area contributed by atoms with Crippen molar-refractivity contribution in [3.8, 4) is 0 Å². The van der Waals surface area contributed by atoms with Crippen LogP contribution in [0.25, 0.3) is 0 Å². The van der Waals surface area contributed by atoms with E-state index in [9.17, 15) is 0 Å².